The highest BCUT2D eigenvalue weighted by Gasteiger charge is 2.42. The van der Waals surface area contributed by atoms with Gasteiger partial charge in [-0.05, 0) is 48.2 Å². The first-order chi connectivity index (χ1) is 14.3. The lowest BCUT2D eigenvalue weighted by atomic mass is 9.74. The fourth-order valence-electron chi connectivity index (χ4n) is 3.96. The maximum atomic E-state index is 13.4. The Hall–Kier alpha value is -3.22. The number of benzene rings is 3. The summed E-state index contributed by atoms with van der Waals surface area (Å²) in [4.78, 5) is 12.1. The SMILES string of the molecule is Cc1ccc(S(=O)(=O)NC2(c3ccccc3C(=O)O)CC=Cc3ccccc32)cc1. The number of nitrogens with one attached hydrogen (secondary N) is 1. The number of aromatic carboxylic acids is 1. The van der Waals surface area contributed by atoms with Crippen LogP contribution in [-0.4, -0.2) is 19.5 Å². The van der Waals surface area contributed by atoms with E-state index in [-0.39, 0.29) is 10.5 Å². The van der Waals surface area contributed by atoms with E-state index in [1.165, 1.54) is 6.07 Å². The number of aryl methyl sites for hydroxylation is 1. The van der Waals surface area contributed by atoms with Gasteiger partial charge < -0.3 is 5.11 Å². The van der Waals surface area contributed by atoms with Crippen LogP contribution in [-0.2, 0) is 15.6 Å². The Morgan fingerprint density at radius 1 is 0.933 bits per heavy atom. The summed E-state index contributed by atoms with van der Waals surface area (Å²) in [5.41, 5.74) is 1.74. The van der Waals surface area contributed by atoms with E-state index in [0.717, 1.165) is 16.7 Å². The Morgan fingerprint density at radius 3 is 2.27 bits per heavy atom. The van der Waals surface area contributed by atoms with E-state index in [1.54, 1.807) is 42.5 Å². The Bertz CT molecular complexity index is 1250. The number of fused-ring (bicyclic) bond motifs is 1. The standard InChI is InChI=1S/C24H21NO4S/c1-17-12-14-19(15-13-17)30(28,29)25-24(22-11-5-3-9-20(22)23(26)27)16-6-8-18-7-2-4-10-21(18)24/h2-15,25H,16H2,1H3,(H,26,27). The van der Waals surface area contributed by atoms with Gasteiger partial charge in [0.2, 0.25) is 10.0 Å². The molecule has 6 heteroatoms. The largest absolute Gasteiger partial charge is 0.478 e. The summed E-state index contributed by atoms with van der Waals surface area (Å²) >= 11 is 0. The molecule has 1 unspecified atom stereocenters. The van der Waals surface area contributed by atoms with Gasteiger partial charge in [0, 0.05) is 0 Å². The van der Waals surface area contributed by atoms with Gasteiger partial charge in [-0.25, -0.2) is 13.2 Å². The number of rotatable bonds is 5. The van der Waals surface area contributed by atoms with Crippen molar-refractivity contribution in [2.75, 3.05) is 0 Å². The molecule has 0 heterocycles. The monoisotopic (exact) mass is 419 g/mol. The third kappa shape index (κ3) is 3.44. The van der Waals surface area contributed by atoms with Crippen molar-refractivity contribution >= 4 is 22.1 Å². The zero-order chi connectivity index (χ0) is 21.4. The number of carboxylic acid groups (broad SMARTS) is 1. The van der Waals surface area contributed by atoms with E-state index in [0.29, 0.717) is 12.0 Å². The van der Waals surface area contributed by atoms with Crippen molar-refractivity contribution in [1.82, 2.24) is 4.72 Å². The Morgan fingerprint density at radius 2 is 1.57 bits per heavy atom. The second-order valence-corrected chi connectivity index (χ2v) is 9.05. The molecule has 4 rings (SSSR count). The summed E-state index contributed by atoms with van der Waals surface area (Å²) in [6, 6.07) is 20.6. The molecular formula is C24H21NO4S. The minimum Gasteiger partial charge on any atom is -0.478 e. The molecule has 152 valence electrons. The summed E-state index contributed by atoms with van der Waals surface area (Å²) in [6.45, 7) is 1.89. The number of sulfonamides is 1. The maximum Gasteiger partial charge on any atom is 0.336 e. The molecule has 3 aromatic carbocycles. The molecule has 0 spiro atoms. The van der Waals surface area contributed by atoms with Gasteiger partial charge in [0.05, 0.1) is 16.0 Å². The van der Waals surface area contributed by atoms with Gasteiger partial charge in [-0.15, -0.1) is 0 Å². The minimum absolute atomic E-state index is 0.0641. The zero-order valence-electron chi connectivity index (χ0n) is 16.4. The topological polar surface area (TPSA) is 83.5 Å². The van der Waals surface area contributed by atoms with Crippen LogP contribution in [0.3, 0.4) is 0 Å². The van der Waals surface area contributed by atoms with E-state index in [9.17, 15) is 18.3 Å². The number of hydrogen-bond acceptors (Lipinski definition) is 3. The third-order valence-electron chi connectivity index (χ3n) is 5.40. The quantitative estimate of drug-likeness (QED) is 0.645. The third-order valence-corrected chi connectivity index (χ3v) is 6.91. The fourth-order valence-corrected chi connectivity index (χ4v) is 5.33. The first-order valence-corrected chi connectivity index (χ1v) is 11.0. The van der Waals surface area contributed by atoms with Crippen LogP contribution in [0.4, 0.5) is 0 Å². The van der Waals surface area contributed by atoms with Crippen LogP contribution in [0.5, 0.6) is 0 Å². The molecule has 2 N–H and O–H groups in total. The Balaban J connectivity index is 1.96. The molecule has 3 aromatic rings. The van der Waals surface area contributed by atoms with Gasteiger partial charge in [-0.1, -0.05) is 72.3 Å². The van der Waals surface area contributed by atoms with Crippen LogP contribution in [0, 0.1) is 6.92 Å². The summed E-state index contributed by atoms with van der Waals surface area (Å²) < 4.78 is 29.7. The molecular weight excluding hydrogens is 398 g/mol. The van der Waals surface area contributed by atoms with Crippen LogP contribution in [0.15, 0.2) is 83.8 Å². The molecule has 1 aliphatic carbocycles. The number of hydrogen-bond donors (Lipinski definition) is 2. The van der Waals surface area contributed by atoms with Crippen molar-refractivity contribution in [3.05, 3.63) is 107 Å². The summed E-state index contributed by atoms with van der Waals surface area (Å²) in [7, 11) is -3.95. The van der Waals surface area contributed by atoms with E-state index in [4.69, 9.17) is 0 Å². The van der Waals surface area contributed by atoms with Crippen LogP contribution >= 0.6 is 0 Å². The Labute approximate surface area is 175 Å². The smallest absolute Gasteiger partial charge is 0.336 e. The molecule has 1 atom stereocenters. The van der Waals surface area contributed by atoms with Crippen LogP contribution < -0.4 is 4.72 Å². The molecule has 5 nitrogen and oxygen atoms in total. The van der Waals surface area contributed by atoms with Crippen LogP contribution in [0.1, 0.15) is 39.0 Å². The van der Waals surface area contributed by atoms with Gasteiger partial charge >= 0.3 is 5.97 Å². The highest BCUT2D eigenvalue weighted by atomic mass is 32.2. The first-order valence-electron chi connectivity index (χ1n) is 9.53. The van der Waals surface area contributed by atoms with Gasteiger partial charge in [0.1, 0.15) is 0 Å². The molecule has 0 radical (unpaired) electrons. The molecule has 0 bridgehead atoms. The average Bonchev–Trinajstić information content (AvgIpc) is 2.74. The first kappa shape index (κ1) is 20.1. The molecule has 0 saturated heterocycles. The molecule has 0 amide bonds. The normalized spacial score (nSPS) is 18.0. The van der Waals surface area contributed by atoms with Crippen LogP contribution in [0.2, 0.25) is 0 Å². The van der Waals surface area contributed by atoms with Crippen molar-refractivity contribution in [1.29, 1.82) is 0 Å². The molecule has 0 fully saturated rings. The van der Waals surface area contributed by atoms with Gasteiger partial charge in [-0.2, -0.15) is 4.72 Å². The summed E-state index contributed by atoms with van der Waals surface area (Å²) in [6.07, 6.45) is 4.09. The lowest BCUT2D eigenvalue weighted by Gasteiger charge is -2.38. The number of carboxylic acids is 1. The lowest BCUT2D eigenvalue weighted by Crippen LogP contribution is -2.48. The van der Waals surface area contributed by atoms with Crippen molar-refractivity contribution in [3.63, 3.8) is 0 Å². The van der Waals surface area contributed by atoms with Crippen molar-refractivity contribution in [2.24, 2.45) is 0 Å². The average molecular weight is 420 g/mol. The Kier molecular flexibility index (Phi) is 5.05. The molecule has 1 aliphatic rings. The summed E-state index contributed by atoms with van der Waals surface area (Å²) in [5.74, 6) is -1.11. The zero-order valence-corrected chi connectivity index (χ0v) is 17.2. The van der Waals surface area contributed by atoms with Crippen molar-refractivity contribution in [2.45, 2.75) is 23.8 Å². The fraction of sp³-hybridized carbons (Fsp3) is 0.125. The number of carbonyl (C=O) groups is 1. The van der Waals surface area contributed by atoms with Crippen LogP contribution in [0.25, 0.3) is 6.08 Å². The highest BCUT2D eigenvalue weighted by molar-refractivity contribution is 7.89. The van der Waals surface area contributed by atoms with Gasteiger partial charge in [0.25, 0.3) is 0 Å². The molecule has 0 aliphatic heterocycles. The van der Waals surface area contributed by atoms with Gasteiger partial charge in [0.15, 0.2) is 0 Å². The predicted molar refractivity (Wildman–Crippen MR) is 116 cm³/mol. The summed E-state index contributed by atoms with van der Waals surface area (Å²) in [5, 5.41) is 9.81. The lowest BCUT2D eigenvalue weighted by molar-refractivity contribution is 0.0693. The van der Waals surface area contributed by atoms with Gasteiger partial charge in [-0.3, -0.25) is 0 Å². The van der Waals surface area contributed by atoms with E-state index in [2.05, 4.69) is 4.72 Å². The maximum absolute atomic E-state index is 13.4. The van der Waals surface area contributed by atoms with E-state index < -0.39 is 21.5 Å². The predicted octanol–water partition coefficient (Wildman–Crippen LogP) is 4.33. The minimum atomic E-state index is -3.95. The van der Waals surface area contributed by atoms with E-state index in [1.807, 2.05) is 43.3 Å². The van der Waals surface area contributed by atoms with Crippen molar-refractivity contribution in [3.8, 4) is 0 Å². The molecule has 30 heavy (non-hydrogen) atoms. The molecule has 0 aromatic heterocycles. The van der Waals surface area contributed by atoms with Crippen molar-refractivity contribution < 1.29 is 18.3 Å². The second-order valence-electron chi connectivity index (χ2n) is 7.37. The highest BCUT2D eigenvalue weighted by Crippen LogP contribution is 2.42. The van der Waals surface area contributed by atoms with E-state index >= 15 is 0 Å². The molecule has 0 saturated carbocycles. The second kappa shape index (κ2) is 7.55.